The van der Waals surface area contributed by atoms with E-state index in [1.165, 1.54) is 24.0 Å². The van der Waals surface area contributed by atoms with Crippen LogP contribution in [-0.4, -0.2) is 52.8 Å². The van der Waals surface area contributed by atoms with Gasteiger partial charge >= 0.3 is 12.1 Å². The van der Waals surface area contributed by atoms with E-state index in [0.717, 1.165) is 49.3 Å². The van der Waals surface area contributed by atoms with Crippen molar-refractivity contribution in [3.8, 4) is 0 Å². The second kappa shape index (κ2) is 17.1. The predicted octanol–water partition coefficient (Wildman–Crippen LogP) is 6.60. The second-order valence-corrected chi connectivity index (χ2v) is 11.0. The lowest BCUT2D eigenvalue weighted by Gasteiger charge is -2.34. The van der Waals surface area contributed by atoms with Crippen LogP contribution in [0.1, 0.15) is 69.8 Å². The number of allylic oxidation sites excluding steroid dienone is 5. The maximum Gasteiger partial charge on any atom is 0.408 e. The van der Waals surface area contributed by atoms with Crippen LogP contribution in [-0.2, 0) is 22.6 Å². The molecule has 0 bridgehead atoms. The number of aryl methyl sites for hydroxylation is 1. The molecule has 0 radical (unpaired) electrons. The number of alkyl carbamates (subject to hydrolysis) is 1. The fourth-order valence-electron chi connectivity index (χ4n) is 5.05. The number of carboxylic acids is 1. The van der Waals surface area contributed by atoms with Crippen LogP contribution in [0.15, 0.2) is 66.3 Å². The Kier molecular flexibility index (Phi) is 13.3. The standard InChI is InChI=1S/C34H47N5O4/c1-6-9-13-26(7-2)17-16-24(4)28-18-20-39(21-19-28)32-25(5)31(37-30(8-3)38-32)35-22-29(33(40)41)36-34(42)43-23-27-14-11-10-12-15-27/h7,10-12,14-17,28-29H,2,6,8-9,13,18-23H2,1,3-5H3,(H,36,42)(H,40,41)(H,35,37,38)/b24-16+,26-17+. The van der Waals surface area contributed by atoms with Gasteiger partial charge in [-0.2, -0.15) is 0 Å². The Morgan fingerprint density at radius 1 is 1.16 bits per heavy atom. The smallest absolute Gasteiger partial charge is 0.408 e. The molecule has 9 nitrogen and oxygen atoms in total. The fourth-order valence-corrected chi connectivity index (χ4v) is 5.05. The summed E-state index contributed by atoms with van der Waals surface area (Å²) >= 11 is 0. The van der Waals surface area contributed by atoms with Crippen LogP contribution >= 0.6 is 0 Å². The number of rotatable bonds is 15. The van der Waals surface area contributed by atoms with Crippen LogP contribution in [0.4, 0.5) is 16.4 Å². The van der Waals surface area contributed by atoms with Crippen LogP contribution in [0.25, 0.3) is 0 Å². The van der Waals surface area contributed by atoms with Gasteiger partial charge in [0.05, 0.1) is 0 Å². The highest BCUT2D eigenvalue weighted by molar-refractivity contribution is 5.80. The molecule has 0 aliphatic carbocycles. The van der Waals surface area contributed by atoms with Crippen molar-refractivity contribution in [3.63, 3.8) is 0 Å². The summed E-state index contributed by atoms with van der Waals surface area (Å²) in [6, 6.07) is 8.02. The van der Waals surface area contributed by atoms with Gasteiger partial charge in [0, 0.05) is 31.6 Å². The minimum absolute atomic E-state index is 0.0538. The Labute approximate surface area is 256 Å². The first-order valence-electron chi connectivity index (χ1n) is 15.3. The number of anilines is 2. The van der Waals surface area contributed by atoms with Crippen molar-refractivity contribution in [1.29, 1.82) is 0 Å². The molecule has 1 aliphatic rings. The number of unbranched alkanes of at least 4 members (excludes halogenated alkanes) is 1. The summed E-state index contributed by atoms with van der Waals surface area (Å²) in [5, 5.41) is 15.3. The van der Waals surface area contributed by atoms with E-state index in [-0.39, 0.29) is 13.2 Å². The number of aromatic nitrogens is 2. The van der Waals surface area contributed by atoms with Gasteiger partial charge in [-0.05, 0) is 56.6 Å². The second-order valence-electron chi connectivity index (χ2n) is 11.0. The topological polar surface area (TPSA) is 117 Å². The molecule has 2 aromatic rings. The SMILES string of the molecule is C=C/C(=C\C=C(/C)C1CCN(c2nc(CC)nc(NCC(NC(=O)OCc3ccccc3)C(=O)O)c2C)CC1)CCCC. The predicted molar refractivity (Wildman–Crippen MR) is 172 cm³/mol. The number of benzene rings is 1. The summed E-state index contributed by atoms with van der Waals surface area (Å²) in [6.45, 7) is 14.1. The number of nitrogens with zero attached hydrogens (tertiary/aromatic N) is 3. The number of nitrogens with one attached hydrogen (secondary N) is 2. The third kappa shape index (κ3) is 10.3. The number of piperidine rings is 1. The zero-order valence-electron chi connectivity index (χ0n) is 26.1. The molecule has 0 saturated carbocycles. The van der Waals surface area contributed by atoms with E-state index in [0.29, 0.717) is 24.0 Å². The van der Waals surface area contributed by atoms with Crippen molar-refractivity contribution in [2.24, 2.45) is 5.92 Å². The highest BCUT2D eigenvalue weighted by Gasteiger charge is 2.25. The zero-order valence-corrected chi connectivity index (χ0v) is 26.1. The van der Waals surface area contributed by atoms with Crippen LogP contribution < -0.4 is 15.5 Å². The van der Waals surface area contributed by atoms with Crippen molar-refractivity contribution in [3.05, 3.63) is 83.2 Å². The van der Waals surface area contributed by atoms with E-state index < -0.39 is 18.1 Å². The van der Waals surface area contributed by atoms with E-state index in [1.807, 2.05) is 50.3 Å². The van der Waals surface area contributed by atoms with Gasteiger partial charge in [0.1, 0.15) is 30.1 Å². The molecule has 1 aromatic carbocycles. The highest BCUT2D eigenvalue weighted by atomic mass is 16.5. The number of ether oxygens (including phenoxy) is 1. The molecular weight excluding hydrogens is 542 g/mol. The number of aliphatic carboxylic acids is 1. The van der Waals surface area contributed by atoms with Gasteiger partial charge in [0.15, 0.2) is 0 Å². The number of hydrogen-bond donors (Lipinski definition) is 3. The molecule has 2 heterocycles. The van der Waals surface area contributed by atoms with E-state index >= 15 is 0 Å². The van der Waals surface area contributed by atoms with E-state index in [9.17, 15) is 14.7 Å². The number of amides is 1. The molecule has 43 heavy (non-hydrogen) atoms. The van der Waals surface area contributed by atoms with E-state index in [4.69, 9.17) is 9.72 Å². The fraction of sp³-hybridized carbons (Fsp3) is 0.471. The maximum atomic E-state index is 12.3. The summed E-state index contributed by atoms with van der Waals surface area (Å²) < 4.78 is 5.21. The van der Waals surface area contributed by atoms with Gasteiger partial charge in [0.25, 0.3) is 0 Å². The number of carbonyl (C=O) groups excluding carboxylic acids is 1. The Morgan fingerprint density at radius 2 is 1.88 bits per heavy atom. The molecule has 9 heteroatoms. The monoisotopic (exact) mass is 589 g/mol. The lowest BCUT2D eigenvalue weighted by atomic mass is 9.89. The normalized spacial score (nSPS) is 15.1. The Morgan fingerprint density at radius 3 is 2.51 bits per heavy atom. The molecule has 1 aromatic heterocycles. The summed E-state index contributed by atoms with van der Waals surface area (Å²) in [5.41, 5.74) is 4.34. The number of hydrogen-bond acceptors (Lipinski definition) is 7. The number of carboxylic acid groups (broad SMARTS) is 1. The molecule has 232 valence electrons. The average Bonchev–Trinajstić information content (AvgIpc) is 3.03. The van der Waals surface area contributed by atoms with Crippen LogP contribution in [0, 0.1) is 12.8 Å². The average molecular weight is 590 g/mol. The van der Waals surface area contributed by atoms with Crippen LogP contribution in [0.5, 0.6) is 0 Å². The molecular formula is C34H47N5O4. The van der Waals surface area contributed by atoms with Gasteiger partial charge in [-0.15, -0.1) is 0 Å². The first kappa shape index (κ1) is 33.4. The first-order valence-corrected chi connectivity index (χ1v) is 15.3. The van der Waals surface area contributed by atoms with Crippen LogP contribution in [0.3, 0.4) is 0 Å². The van der Waals surface area contributed by atoms with Gasteiger partial charge in [-0.3, -0.25) is 0 Å². The zero-order chi connectivity index (χ0) is 31.2. The van der Waals surface area contributed by atoms with E-state index in [2.05, 4.69) is 53.1 Å². The van der Waals surface area contributed by atoms with Crippen molar-refractivity contribution in [2.75, 3.05) is 29.9 Å². The van der Waals surface area contributed by atoms with Crippen molar-refractivity contribution >= 4 is 23.7 Å². The lowest BCUT2D eigenvalue weighted by molar-refractivity contribution is -0.139. The first-order chi connectivity index (χ1) is 20.7. The van der Waals surface area contributed by atoms with Gasteiger partial charge in [-0.1, -0.05) is 81.0 Å². The minimum Gasteiger partial charge on any atom is -0.480 e. The van der Waals surface area contributed by atoms with Crippen molar-refractivity contribution < 1.29 is 19.4 Å². The van der Waals surface area contributed by atoms with Crippen LogP contribution in [0.2, 0.25) is 0 Å². The molecule has 3 N–H and O–H groups in total. The number of carbonyl (C=O) groups is 2. The molecule has 1 saturated heterocycles. The summed E-state index contributed by atoms with van der Waals surface area (Å²) in [7, 11) is 0. The Balaban J connectivity index is 1.63. The molecule has 1 atom stereocenters. The van der Waals surface area contributed by atoms with Gasteiger partial charge in [0.2, 0.25) is 0 Å². The summed E-state index contributed by atoms with van der Waals surface area (Å²) in [4.78, 5) is 36.0. The molecule has 3 rings (SSSR count). The molecule has 1 aliphatic heterocycles. The molecule has 1 fully saturated rings. The third-order valence-corrected chi connectivity index (χ3v) is 7.84. The lowest BCUT2D eigenvalue weighted by Crippen LogP contribution is -2.45. The molecule has 0 spiro atoms. The largest absolute Gasteiger partial charge is 0.480 e. The van der Waals surface area contributed by atoms with Crippen molar-refractivity contribution in [2.45, 2.75) is 78.9 Å². The van der Waals surface area contributed by atoms with E-state index in [1.54, 1.807) is 0 Å². The Hall–Kier alpha value is -4.14. The Bertz CT molecular complexity index is 1280. The molecule has 1 unspecified atom stereocenters. The third-order valence-electron chi connectivity index (χ3n) is 7.84. The van der Waals surface area contributed by atoms with Gasteiger partial charge in [-0.25, -0.2) is 19.6 Å². The summed E-state index contributed by atoms with van der Waals surface area (Å²) in [5.74, 6) is 1.46. The maximum absolute atomic E-state index is 12.3. The summed E-state index contributed by atoms with van der Waals surface area (Å²) in [6.07, 6.45) is 11.7. The molecule has 1 amide bonds. The highest BCUT2D eigenvalue weighted by Crippen LogP contribution is 2.31. The minimum atomic E-state index is -1.20. The van der Waals surface area contributed by atoms with Crippen molar-refractivity contribution in [1.82, 2.24) is 15.3 Å². The quantitative estimate of drug-likeness (QED) is 0.199. The van der Waals surface area contributed by atoms with Gasteiger partial charge < -0.3 is 25.4 Å².